The Kier molecular flexibility index (Phi) is 7.72. The van der Waals surface area contributed by atoms with Gasteiger partial charge in [-0.25, -0.2) is 9.97 Å². The van der Waals surface area contributed by atoms with Crippen LogP contribution in [0.2, 0.25) is 25.7 Å². The molecule has 3 heterocycles. The molecule has 2 N–H and O–H groups in total. The highest BCUT2D eigenvalue weighted by atomic mass is 28.3. The van der Waals surface area contributed by atoms with Crippen LogP contribution in [0.4, 0.5) is 19.1 Å². The fraction of sp³-hybridized carbons (Fsp3) is 0.536. The molecule has 1 saturated carbocycles. The molecule has 11 heteroatoms. The van der Waals surface area contributed by atoms with Gasteiger partial charge in [0, 0.05) is 55.6 Å². The number of hydrogen-bond donors (Lipinski definition) is 2. The van der Waals surface area contributed by atoms with E-state index in [1.807, 2.05) is 0 Å². The van der Waals surface area contributed by atoms with Gasteiger partial charge in [0.15, 0.2) is 0 Å². The van der Waals surface area contributed by atoms with E-state index in [-0.39, 0.29) is 17.7 Å². The number of nitrogens with one attached hydrogen (secondary N) is 2. The third kappa shape index (κ3) is 6.13. The van der Waals surface area contributed by atoms with E-state index >= 15 is 0 Å². The second-order valence-corrected chi connectivity index (χ2v) is 17.4. The number of halogens is 3. The van der Waals surface area contributed by atoms with Gasteiger partial charge in [-0.05, 0) is 56.9 Å². The van der Waals surface area contributed by atoms with Gasteiger partial charge in [-0.15, -0.1) is 0 Å². The summed E-state index contributed by atoms with van der Waals surface area (Å²) in [4.78, 5) is 14.2. The van der Waals surface area contributed by atoms with Crippen molar-refractivity contribution in [3.63, 3.8) is 0 Å². The van der Waals surface area contributed by atoms with Crippen LogP contribution in [0, 0.1) is 11.3 Å². The van der Waals surface area contributed by atoms with Crippen molar-refractivity contribution in [2.24, 2.45) is 0 Å². The third-order valence-electron chi connectivity index (χ3n) is 7.80. The molecular formula is C28H35F3N6OSi. The Labute approximate surface area is 227 Å². The van der Waals surface area contributed by atoms with Crippen LogP contribution in [0.1, 0.15) is 54.2 Å². The first-order valence-electron chi connectivity index (χ1n) is 13.6. The van der Waals surface area contributed by atoms with Crippen molar-refractivity contribution in [1.82, 2.24) is 19.9 Å². The maximum atomic E-state index is 14.3. The number of nitriles is 1. The van der Waals surface area contributed by atoms with Gasteiger partial charge in [0.25, 0.3) is 0 Å². The van der Waals surface area contributed by atoms with Gasteiger partial charge in [-0.3, -0.25) is 4.90 Å². The number of benzene rings is 1. The molecule has 39 heavy (non-hydrogen) atoms. The van der Waals surface area contributed by atoms with E-state index in [0.29, 0.717) is 34.7 Å². The number of aromatic nitrogens is 3. The highest BCUT2D eigenvalue weighted by molar-refractivity contribution is 6.76. The molecule has 2 fully saturated rings. The number of aromatic amines is 1. The smallest absolute Gasteiger partial charge is 0.367 e. The van der Waals surface area contributed by atoms with E-state index in [1.165, 1.54) is 12.8 Å². The summed E-state index contributed by atoms with van der Waals surface area (Å²) >= 11 is 0. The van der Waals surface area contributed by atoms with E-state index < -0.39 is 25.9 Å². The lowest BCUT2D eigenvalue weighted by Gasteiger charge is -2.43. The maximum absolute atomic E-state index is 14.3. The molecule has 0 spiro atoms. The Morgan fingerprint density at radius 2 is 2.00 bits per heavy atom. The van der Waals surface area contributed by atoms with E-state index in [2.05, 4.69) is 50.9 Å². The van der Waals surface area contributed by atoms with Gasteiger partial charge < -0.3 is 15.0 Å². The predicted octanol–water partition coefficient (Wildman–Crippen LogP) is 6.33. The molecule has 0 bridgehead atoms. The van der Waals surface area contributed by atoms with Gasteiger partial charge in [0.1, 0.15) is 6.10 Å². The van der Waals surface area contributed by atoms with Crippen LogP contribution in [0.15, 0.2) is 30.6 Å². The van der Waals surface area contributed by atoms with Crippen LogP contribution < -0.4 is 5.32 Å². The van der Waals surface area contributed by atoms with E-state index in [4.69, 9.17) is 4.74 Å². The van der Waals surface area contributed by atoms with Gasteiger partial charge in [-0.2, -0.15) is 18.4 Å². The van der Waals surface area contributed by atoms with Crippen LogP contribution in [-0.4, -0.2) is 59.7 Å². The monoisotopic (exact) mass is 556 g/mol. The van der Waals surface area contributed by atoms with Crippen molar-refractivity contribution in [3.8, 4) is 6.07 Å². The summed E-state index contributed by atoms with van der Waals surface area (Å²) in [6.45, 7) is 9.02. The highest BCUT2D eigenvalue weighted by Gasteiger charge is 2.40. The van der Waals surface area contributed by atoms with Gasteiger partial charge in [-0.1, -0.05) is 25.7 Å². The molecule has 1 unspecified atom stereocenters. The zero-order valence-electron chi connectivity index (χ0n) is 22.6. The number of fused-ring (bicyclic) bond motifs is 1. The summed E-state index contributed by atoms with van der Waals surface area (Å²) in [5.41, 5.74) is 0.576. The molecule has 5 rings (SSSR count). The summed E-state index contributed by atoms with van der Waals surface area (Å²) in [7, 11) is -1.52. The van der Waals surface area contributed by atoms with Crippen LogP contribution in [-0.2, 0) is 10.9 Å². The van der Waals surface area contributed by atoms with Crippen molar-refractivity contribution in [2.75, 3.05) is 25.0 Å². The number of H-pyrrole nitrogens is 1. The van der Waals surface area contributed by atoms with Crippen LogP contribution in [0.3, 0.4) is 0 Å². The average Bonchev–Trinajstić information content (AvgIpc) is 3.53. The van der Waals surface area contributed by atoms with Crippen molar-refractivity contribution in [2.45, 2.75) is 75.7 Å². The first-order valence-corrected chi connectivity index (χ1v) is 17.3. The molecule has 3 aromatic rings. The minimum Gasteiger partial charge on any atom is -0.367 e. The first kappa shape index (κ1) is 27.6. The van der Waals surface area contributed by atoms with Crippen molar-refractivity contribution >= 4 is 24.9 Å². The standard InChI is InChI=1S/C28H35F3N6OSi/c1-39(2,3)13-12-38-26(20-16-33-23-14-18(15-32)6-7-19(20)23)25-21(28(29,30)31)17-34-27(36-25)35-22-8-9-24(22)37-10-4-5-11-37/h6-7,14,16-17,22,24,26,33H,4-5,8-13H2,1-3H3,(H,34,35,36)/t22-,24-,26?/m0/s1. The molecule has 1 aliphatic carbocycles. The van der Waals surface area contributed by atoms with Gasteiger partial charge >= 0.3 is 6.18 Å². The summed E-state index contributed by atoms with van der Waals surface area (Å²) in [5, 5.41) is 13.3. The summed E-state index contributed by atoms with van der Waals surface area (Å²) < 4.78 is 49.2. The van der Waals surface area contributed by atoms with Crippen LogP contribution in [0.5, 0.6) is 0 Å². The average molecular weight is 557 g/mol. The van der Waals surface area contributed by atoms with Crippen LogP contribution in [0.25, 0.3) is 10.9 Å². The largest absolute Gasteiger partial charge is 0.419 e. The zero-order valence-corrected chi connectivity index (χ0v) is 23.6. The van der Waals surface area contributed by atoms with Crippen molar-refractivity contribution in [1.29, 1.82) is 5.26 Å². The summed E-state index contributed by atoms with van der Waals surface area (Å²) in [5.74, 6) is 0.192. The van der Waals surface area contributed by atoms with Crippen LogP contribution >= 0.6 is 0 Å². The van der Waals surface area contributed by atoms with Gasteiger partial charge in [0.05, 0.1) is 22.9 Å². The quantitative estimate of drug-likeness (QED) is 0.299. The lowest BCUT2D eigenvalue weighted by atomic mass is 9.85. The molecule has 2 aromatic heterocycles. The molecule has 0 amide bonds. The Morgan fingerprint density at radius 3 is 2.64 bits per heavy atom. The molecule has 1 aliphatic heterocycles. The Hall–Kier alpha value is -2.94. The Bertz CT molecular complexity index is 1360. The Balaban J connectivity index is 1.53. The third-order valence-corrected chi connectivity index (χ3v) is 9.50. The molecular weight excluding hydrogens is 521 g/mol. The lowest BCUT2D eigenvalue weighted by molar-refractivity contribution is -0.139. The Morgan fingerprint density at radius 1 is 1.23 bits per heavy atom. The normalized spacial score (nSPS) is 21.1. The van der Waals surface area contributed by atoms with Crippen molar-refractivity contribution < 1.29 is 17.9 Å². The minimum atomic E-state index is -4.65. The summed E-state index contributed by atoms with van der Waals surface area (Å²) in [6.07, 6.45) is 1.19. The predicted molar refractivity (Wildman–Crippen MR) is 147 cm³/mol. The van der Waals surface area contributed by atoms with E-state index in [9.17, 15) is 18.4 Å². The maximum Gasteiger partial charge on any atom is 0.419 e. The fourth-order valence-electron chi connectivity index (χ4n) is 5.44. The topological polar surface area (TPSA) is 89.9 Å². The highest BCUT2D eigenvalue weighted by Crippen LogP contribution is 2.40. The first-order chi connectivity index (χ1) is 18.5. The lowest BCUT2D eigenvalue weighted by Crippen LogP contribution is -2.53. The minimum absolute atomic E-state index is 0.108. The molecule has 208 valence electrons. The second kappa shape index (κ2) is 10.9. The molecule has 3 atom stereocenters. The SMILES string of the molecule is C[Si](C)(C)CCOC(c1nc(N[C@H]2CC[C@@H]2N2CCCC2)ncc1C(F)(F)F)c1c[nH]c2cc(C#N)ccc12. The molecule has 1 aromatic carbocycles. The fourth-order valence-corrected chi connectivity index (χ4v) is 6.17. The molecule has 2 aliphatic rings. The van der Waals surface area contributed by atoms with E-state index in [0.717, 1.165) is 38.2 Å². The van der Waals surface area contributed by atoms with Gasteiger partial charge in [0.2, 0.25) is 5.95 Å². The summed E-state index contributed by atoms with van der Waals surface area (Å²) in [6, 6.07) is 8.45. The number of nitrogens with zero attached hydrogens (tertiary/aromatic N) is 4. The second-order valence-electron chi connectivity index (χ2n) is 11.8. The number of hydrogen-bond acceptors (Lipinski definition) is 6. The molecule has 1 saturated heterocycles. The molecule has 0 radical (unpaired) electrons. The number of ether oxygens (including phenoxy) is 1. The van der Waals surface area contributed by atoms with Crippen molar-refractivity contribution in [3.05, 3.63) is 53.0 Å². The molecule has 7 nitrogen and oxygen atoms in total. The van der Waals surface area contributed by atoms with E-state index in [1.54, 1.807) is 24.4 Å². The number of rotatable bonds is 9. The number of alkyl halides is 3. The number of anilines is 1. The zero-order chi connectivity index (χ0) is 27.8. The number of likely N-dealkylation sites (tertiary alicyclic amines) is 1.